The fourth-order valence-corrected chi connectivity index (χ4v) is 1.21. The average Bonchev–Trinajstić information content (AvgIpc) is 2.97. The normalized spacial score (nSPS) is 14.2. The first-order chi connectivity index (χ1) is 7.31. The first-order valence-corrected chi connectivity index (χ1v) is 4.91. The fraction of sp³-hybridized carbons (Fsp3) is 0.500. The van der Waals surface area contributed by atoms with Gasteiger partial charge < -0.3 is 5.32 Å². The van der Waals surface area contributed by atoms with E-state index in [1.165, 1.54) is 0 Å². The monoisotopic (exact) mass is 204 g/mol. The van der Waals surface area contributed by atoms with Crippen LogP contribution in [0, 0.1) is 11.8 Å². The molecule has 1 aromatic heterocycles. The van der Waals surface area contributed by atoms with Gasteiger partial charge in [-0.1, -0.05) is 5.92 Å². The van der Waals surface area contributed by atoms with Crippen LogP contribution in [0.2, 0.25) is 0 Å². The summed E-state index contributed by atoms with van der Waals surface area (Å²) in [5.74, 6) is 6.67. The Bertz CT molecular complexity index is 422. The van der Waals surface area contributed by atoms with Crippen molar-refractivity contribution in [3.8, 4) is 11.8 Å². The van der Waals surface area contributed by atoms with Gasteiger partial charge in [-0.15, -0.1) is 11.0 Å². The summed E-state index contributed by atoms with van der Waals surface area (Å²) in [4.78, 5) is 15.6. The molecule has 1 aliphatic carbocycles. The largest absolute Gasteiger partial charge is 0.338 e. The Hall–Kier alpha value is -1.83. The van der Waals surface area contributed by atoms with Crippen molar-refractivity contribution in [2.75, 3.05) is 6.54 Å². The molecule has 0 radical (unpaired) electrons. The molecule has 1 aliphatic rings. The molecule has 0 spiro atoms. The molecule has 2 N–H and O–H groups in total. The van der Waals surface area contributed by atoms with Crippen LogP contribution in [0.1, 0.15) is 42.1 Å². The van der Waals surface area contributed by atoms with Crippen molar-refractivity contribution in [2.24, 2.45) is 0 Å². The van der Waals surface area contributed by atoms with Crippen molar-refractivity contribution in [3.05, 3.63) is 11.6 Å². The maximum absolute atomic E-state index is 11.5. The van der Waals surface area contributed by atoms with Crippen molar-refractivity contribution in [1.82, 2.24) is 20.5 Å². The number of hydrogen-bond acceptors (Lipinski definition) is 3. The summed E-state index contributed by atoms with van der Waals surface area (Å²) in [7, 11) is 0. The van der Waals surface area contributed by atoms with Gasteiger partial charge >= 0.3 is 0 Å². The van der Waals surface area contributed by atoms with E-state index < -0.39 is 0 Å². The Balaban J connectivity index is 1.94. The molecule has 0 aromatic carbocycles. The predicted octanol–water partition coefficient (Wildman–Crippen LogP) is 0.435. The van der Waals surface area contributed by atoms with Gasteiger partial charge in [0.05, 0.1) is 6.54 Å². The standard InChI is InChI=1S/C10H12N4O/c1-2-3-6-11-10(15)9-12-8(13-14-9)7-4-5-7/h7H,4-6H2,1H3,(H,11,15)(H,12,13,14). The van der Waals surface area contributed by atoms with Crippen molar-refractivity contribution in [1.29, 1.82) is 0 Å². The van der Waals surface area contributed by atoms with Gasteiger partial charge in [-0.05, 0) is 19.8 Å². The zero-order valence-corrected chi connectivity index (χ0v) is 8.50. The summed E-state index contributed by atoms with van der Waals surface area (Å²) in [6, 6.07) is 0. The second-order valence-corrected chi connectivity index (χ2v) is 3.43. The van der Waals surface area contributed by atoms with E-state index in [4.69, 9.17) is 0 Å². The Kier molecular flexibility index (Phi) is 2.68. The first kappa shape index (κ1) is 9.71. The van der Waals surface area contributed by atoms with Crippen LogP contribution >= 0.6 is 0 Å². The average molecular weight is 204 g/mol. The third kappa shape index (κ3) is 2.34. The fourth-order valence-electron chi connectivity index (χ4n) is 1.21. The smallest absolute Gasteiger partial charge is 0.291 e. The molecule has 0 saturated heterocycles. The van der Waals surface area contributed by atoms with Crippen molar-refractivity contribution in [2.45, 2.75) is 25.7 Å². The zero-order valence-electron chi connectivity index (χ0n) is 8.50. The Morgan fingerprint density at radius 3 is 3.13 bits per heavy atom. The Morgan fingerprint density at radius 1 is 1.67 bits per heavy atom. The molecule has 1 fully saturated rings. The van der Waals surface area contributed by atoms with Crippen LogP contribution in [0.15, 0.2) is 0 Å². The second kappa shape index (κ2) is 4.13. The molecule has 0 aliphatic heterocycles. The van der Waals surface area contributed by atoms with E-state index in [-0.39, 0.29) is 11.7 Å². The molecule has 1 aromatic rings. The highest BCUT2D eigenvalue weighted by Crippen LogP contribution is 2.37. The summed E-state index contributed by atoms with van der Waals surface area (Å²) < 4.78 is 0. The molecule has 0 unspecified atom stereocenters. The predicted molar refractivity (Wildman–Crippen MR) is 54.1 cm³/mol. The zero-order chi connectivity index (χ0) is 10.7. The minimum atomic E-state index is -0.277. The molecule has 0 atom stereocenters. The number of nitrogens with one attached hydrogen (secondary N) is 2. The van der Waals surface area contributed by atoms with E-state index in [0.717, 1.165) is 18.7 Å². The number of H-pyrrole nitrogens is 1. The molecule has 0 bridgehead atoms. The summed E-state index contributed by atoms with van der Waals surface area (Å²) in [5, 5.41) is 9.26. The number of carbonyl (C=O) groups excluding carboxylic acids is 1. The molecular weight excluding hydrogens is 192 g/mol. The highest BCUT2D eigenvalue weighted by atomic mass is 16.2. The number of hydrogen-bond donors (Lipinski definition) is 2. The van der Waals surface area contributed by atoms with E-state index in [1.54, 1.807) is 6.92 Å². The number of amides is 1. The van der Waals surface area contributed by atoms with Gasteiger partial charge in [0.1, 0.15) is 5.82 Å². The number of carbonyl (C=O) groups is 1. The van der Waals surface area contributed by atoms with E-state index in [0.29, 0.717) is 12.5 Å². The number of aromatic amines is 1. The number of rotatable bonds is 3. The lowest BCUT2D eigenvalue weighted by Gasteiger charge is -1.94. The highest BCUT2D eigenvalue weighted by molar-refractivity contribution is 5.90. The van der Waals surface area contributed by atoms with Crippen LogP contribution in [0.25, 0.3) is 0 Å². The van der Waals surface area contributed by atoms with Crippen molar-refractivity contribution in [3.63, 3.8) is 0 Å². The summed E-state index contributed by atoms with van der Waals surface area (Å²) >= 11 is 0. The van der Waals surface area contributed by atoms with E-state index >= 15 is 0 Å². The molecule has 78 valence electrons. The molecule has 1 heterocycles. The SMILES string of the molecule is CC#CCNC(=O)c1n[nH]c(C2CC2)n1. The molecule has 15 heavy (non-hydrogen) atoms. The van der Waals surface area contributed by atoms with Gasteiger partial charge in [-0.2, -0.15) is 0 Å². The highest BCUT2D eigenvalue weighted by Gasteiger charge is 2.27. The van der Waals surface area contributed by atoms with E-state index in [2.05, 4.69) is 32.3 Å². The molecule has 5 heteroatoms. The topological polar surface area (TPSA) is 70.7 Å². The molecular formula is C10H12N4O. The van der Waals surface area contributed by atoms with Gasteiger partial charge in [0.15, 0.2) is 0 Å². The molecule has 5 nitrogen and oxygen atoms in total. The lowest BCUT2D eigenvalue weighted by molar-refractivity contribution is 0.0948. The summed E-state index contributed by atoms with van der Waals surface area (Å²) in [5.41, 5.74) is 0. The van der Waals surface area contributed by atoms with Gasteiger partial charge in [-0.3, -0.25) is 9.89 Å². The molecule has 1 saturated carbocycles. The molecule has 2 rings (SSSR count). The van der Waals surface area contributed by atoms with E-state index in [9.17, 15) is 4.79 Å². The van der Waals surface area contributed by atoms with Crippen LogP contribution < -0.4 is 5.32 Å². The van der Waals surface area contributed by atoms with Gasteiger partial charge in [-0.25, -0.2) is 4.98 Å². The van der Waals surface area contributed by atoms with Gasteiger partial charge in [0.2, 0.25) is 5.82 Å². The second-order valence-electron chi connectivity index (χ2n) is 3.43. The van der Waals surface area contributed by atoms with Crippen molar-refractivity contribution >= 4 is 5.91 Å². The Labute approximate surface area is 87.7 Å². The summed E-state index contributed by atoms with van der Waals surface area (Å²) in [6.07, 6.45) is 2.27. The first-order valence-electron chi connectivity index (χ1n) is 4.91. The van der Waals surface area contributed by atoms with E-state index in [1.807, 2.05) is 0 Å². The third-order valence-corrected chi connectivity index (χ3v) is 2.18. The van der Waals surface area contributed by atoms with Gasteiger partial charge in [0.25, 0.3) is 5.91 Å². The van der Waals surface area contributed by atoms with Crippen LogP contribution in [0.5, 0.6) is 0 Å². The van der Waals surface area contributed by atoms with Crippen LogP contribution in [-0.2, 0) is 0 Å². The lowest BCUT2D eigenvalue weighted by atomic mass is 10.4. The number of nitrogens with zero attached hydrogens (tertiary/aromatic N) is 2. The van der Waals surface area contributed by atoms with Crippen molar-refractivity contribution < 1.29 is 4.79 Å². The third-order valence-electron chi connectivity index (χ3n) is 2.18. The number of aromatic nitrogens is 3. The lowest BCUT2D eigenvalue weighted by Crippen LogP contribution is -2.24. The van der Waals surface area contributed by atoms with Crippen LogP contribution in [-0.4, -0.2) is 27.6 Å². The summed E-state index contributed by atoms with van der Waals surface area (Å²) in [6.45, 7) is 2.06. The van der Waals surface area contributed by atoms with Crippen LogP contribution in [0.3, 0.4) is 0 Å². The maximum Gasteiger partial charge on any atom is 0.291 e. The maximum atomic E-state index is 11.5. The minimum absolute atomic E-state index is 0.204. The van der Waals surface area contributed by atoms with Gasteiger partial charge in [0, 0.05) is 5.92 Å². The quantitative estimate of drug-likeness (QED) is 0.701. The van der Waals surface area contributed by atoms with Crippen LogP contribution in [0.4, 0.5) is 0 Å². The Morgan fingerprint density at radius 2 is 2.47 bits per heavy atom. The minimum Gasteiger partial charge on any atom is -0.338 e. The molecule has 1 amide bonds.